The molecule has 2 atom stereocenters. The van der Waals surface area contributed by atoms with Crippen LogP contribution < -0.4 is 0 Å². The van der Waals surface area contributed by atoms with Crippen molar-refractivity contribution in [3.8, 4) is 0 Å². The zero-order chi connectivity index (χ0) is 53.7. The van der Waals surface area contributed by atoms with Crippen LogP contribution in [0.1, 0.15) is 226 Å². The number of hydrogen-bond acceptors (Lipinski definition) is 6. The third-order valence-corrected chi connectivity index (χ3v) is 14.4. The van der Waals surface area contributed by atoms with Crippen molar-refractivity contribution in [3.63, 3.8) is 0 Å². The number of ether oxygens (including phenoxy) is 6. The van der Waals surface area contributed by atoms with Crippen molar-refractivity contribution in [2.45, 2.75) is 252 Å². The molecule has 0 bridgehead atoms. The van der Waals surface area contributed by atoms with Gasteiger partial charge in [0.25, 0.3) is 12.4 Å². The van der Waals surface area contributed by atoms with Crippen LogP contribution >= 0.6 is 0 Å². The van der Waals surface area contributed by atoms with Gasteiger partial charge < -0.3 is 28.4 Å². The van der Waals surface area contributed by atoms with Crippen molar-refractivity contribution < 1.29 is 72.3 Å². The molecule has 0 saturated heterocycles. The van der Waals surface area contributed by atoms with E-state index in [1.54, 1.807) is 14.2 Å². The molecule has 2 fully saturated rings. The van der Waals surface area contributed by atoms with E-state index in [0.717, 1.165) is 51.4 Å². The zero-order valence-corrected chi connectivity index (χ0v) is 44.8. The van der Waals surface area contributed by atoms with E-state index in [2.05, 4.69) is 13.8 Å². The van der Waals surface area contributed by atoms with E-state index in [1.807, 2.05) is 41.5 Å². The largest absolute Gasteiger partial charge is 0.331 e. The first-order valence-corrected chi connectivity index (χ1v) is 27.0. The molecular formula is C56H86F10O6. The molecule has 0 aromatic heterocycles. The SMILES string of the molecule is CCCCCCCCC(C1CCC(c2c(F)c(F)c(F)c(F)c2F)CC1)C(OC)(OC)OC(C)C.CCCCCCCCCC(OC(OC(C)C)OC(C)C)C1CCC(c2c(F)c(F)c(F)c(F)c2F)CC1. The van der Waals surface area contributed by atoms with Gasteiger partial charge in [-0.2, -0.15) is 0 Å². The van der Waals surface area contributed by atoms with Gasteiger partial charge in [-0.3, -0.25) is 0 Å². The first kappa shape index (κ1) is 63.8. The van der Waals surface area contributed by atoms with Crippen LogP contribution in [0.3, 0.4) is 0 Å². The van der Waals surface area contributed by atoms with Gasteiger partial charge in [0, 0.05) is 31.3 Å². The van der Waals surface area contributed by atoms with Crippen LogP contribution in [0.5, 0.6) is 0 Å². The number of benzene rings is 2. The van der Waals surface area contributed by atoms with Crippen LogP contribution in [0.2, 0.25) is 0 Å². The summed E-state index contributed by atoms with van der Waals surface area (Å²) in [5.74, 6) is -21.4. The number of methoxy groups -OCH3 is 2. The second-order valence-corrected chi connectivity index (χ2v) is 20.8. The molecule has 6 nitrogen and oxygen atoms in total. The average molecular weight is 1050 g/mol. The maximum Gasteiger partial charge on any atom is 0.285 e. The molecule has 0 aliphatic heterocycles. The lowest BCUT2D eigenvalue weighted by atomic mass is 9.71. The van der Waals surface area contributed by atoms with Crippen LogP contribution in [0.15, 0.2) is 0 Å². The van der Waals surface area contributed by atoms with E-state index in [4.69, 9.17) is 28.4 Å². The van der Waals surface area contributed by atoms with Gasteiger partial charge in [0.05, 0.1) is 24.4 Å². The molecule has 2 aromatic carbocycles. The molecule has 0 amide bonds. The molecule has 0 N–H and O–H groups in total. The highest BCUT2D eigenvalue weighted by Gasteiger charge is 2.47. The minimum atomic E-state index is -2.12. The van der Waals surface area contributed by atoms with Gasteiger partial charge in [-0.15, -0.1) is 0 Å². The molecule has 0 spiro atoms. The van der Waals surface area contributed by atoms with E-state index in [1.165, 1.54) is 44.9 Å². The average Bonchev–Trinajstić information content (AvgIpc) is 3.35. The fourth-order valence-electron chi connectivity index (χ4n) is 10.7. The fourth-order valence-corrected chi connectivity index (χ4v) is 10.7. The van der Waals surface area contributed by atoms with Crippen LogP contribution in [-0.2, 0) is 28.4 Å². The van der Waals surface area contributed by atoms with Gasteiger partial charge in [0.15, 0.2) is 46.5 Å². The Labute approximate surface area is 424 Å². The Morgan fingerprint density at radius 3 is 1.08 bits per heavy atom. The smallest absolute Gasteiger partial charge is 0.285 e. The summed E-state index contributed by atoms with van der Waals surface area (Å²) in [5.41, 5.74) is -1.39. The lowest BCUT2D eigenvalue weighted by molar-refractivity contribution is -0.405. The Balaban J connectivity index is 0.000000381. The van der Waals surface area contributed by atoms with Crippen molar-refractivity contribution in [2.75, 3.05) is 14.2 Å². The Morgan fingerprint density at radius 1 is 0.403 bits per heavy atom. The lowest BCUT2D eigenvalue weighted by Crippen LogP contribution is -2.50. The minimum absolute atomic E-state index is 0.0572. The zero-order valence-electron chi connectivity index (χ0n) is 44.8. The Kier molecular flexibility index (Phi) is 28.5. The second-order valence-electron chi connectivity index (χ2n) is 20.8. The van der Waals surface area contributed by atoms with Crippen molar-refractivity contribution in [3.05, 3.63) is 69.3 Å². The first-order valence-electron chi connectivity index (χ1n) is 27.0. The summed E-state index contributed by atoms with van der Waals surface area (Å²) in [6.07, 6.45) is 19.4. The molecule has 2 saturated carbocycles. The van der Waals surface area contributed by atoms with Crippen molar-refractivity contribution in [1.29, 1.82) is 0 Å². The molecular weight excluding hydrogens is 959 g/mol. The van der Waals surface area contributed by atoms with Crippen LogP contribution in [0.25, 0.3) is 0 Å². The van der Waals surface area contributed by atoms with Gasteiger partial charge >= 0.3 is 0 Å². The summed E-state index contributed by atoms with van der Waals surface area (Å²) in [5, 5.41) is 0. The van der Waals surface area contributed by atoms with Crippen LogP contribution in [-0.4, -0.2) is 51.1 Å². The monoisotopic (exact) mass is 1040 g/mol. The van der Waals surface area contributed by atoms with Crippen molar-refractivity contribution >= 4 is 0 Å². The molecule has 72 heavy (non-hydrogen) atoms. The molecule has 2 aliphatic rings. The van der Waals surface area contributed by atoms with Gasteiger partial charge in [-0.25, -0.2) is 43.9 Å². The molecule has 2 aliphatic carbocycles. The normalized spacial score (nSPS) is 19.7. The summed E-state index contributed by atoms with van der Waals surface area (Å²) in [4.78, 5) is 0. The van der Waals surface area contributed by atoms with Gasteiger partial charge in [0.2, 0.25) is 11.6 Å². The van der Waals surface area contributed by atoms with E-state index in [9.17, 15) is 43.9 Å². The van der Waals surface area contributed by atoms with Gasteiger partial charge in [0.1, 0.15) is 0 Å². The first-order chi connectivity index (χ1) is 34.2. The predicted molar refractivity (Wildman–Crippen MR) is 260 cm³/mol. The maximum atomic E-state index is 14.4. The standard InChI is InChI=1S/C29H45F5O3.C27H41F5O3/c1-6-7-8-9-10-11-12-13-22(37-29(35-18(2)3)36-19(4)5)20-14-16-21(17-15-20)23-24(30)26(32)28(34)27(33)25(23)31;1-6-7-8-9-10-11-12-20(27(33-4,34-5)35-17(2)3)18-13-15-19(16-14-18)21-22(28)24(30)26(32)25(31)23(21)29/h18-22,29H,6-17H2,1-5H3;17-20H,6-16H2,1-5H3. The molecule has 416 valence electrons. The predicted octanol–water partition coefficient (Wildman–Crippen LogP) is 17.7. The Morgan fingerprint density at radius 2 is 0.736 bits per heavy atom. The highest BCUT2D eigenvalue weighted by molar-refractivity contribution is 5.29. The summed E-state index contributed by atoms with van der Waals surface area (Å²) in [7, 11) is 3.08. The van der Waals surface area contributed by atoms with Gasteiger partial charge in [-0.1, -0.05) is 97.3 Å². The third kappa shape index (κ3) is 18.4. The van der Waals surface area contributed by atoms with Crippen molar-refractivity contribution in [1.82, 2.24) is 0 Å². The second kappa shape index (κ2) is 32.2. The highest BCUT2D eigenvalue weighted by Crippen LogP contribution is 2.47. The minimum Gasteiger partial charge on any atom is -0.331 e. The Bertz CT molecular complexity index is 1800. The highest BCUT2D eigenvalue weighted by atomic mass is 19.2. The summed E-state index contributed by atoms with van der Waals surface area (Å²) >= 11 is 0. The van der Waals surface area contributed by atoms with Crippen LogP contribution in [0.4, 0.5) is 43.9 Å². The molecule has 0 radical (unpaired) electrons. The van der Waals surface area contributed by atoms with E-state index in [0.29, 0.717) is 51.4 Å². The summed E-state index contributed by atoms with van der Waals surface area (Å²) in [6.45, 7) is 14.9. The van der Waals surface area contributed by atoms with E-state index >= 15 is 0 Å². The quantitative estimate of drug-likeness (QED) is 0.0255. The molecule has 2 unspecified atom stereocenters. The molecule has 16 heteroatoms. The number of rotatable bonds is 30. The summed E-state index contributed by atoms with van der Waals surface area (Å²) in [6, 6.07) is 0. The van der Waals surface area contributed by atoms with Crippen molar-refractivity contribution in [2.24, 2.45) is 17.8 Å². The third-order valence-electron chi connectivity index (χ3n) is 14.4. The number of unbranched alkanes of at least 4 members (excludes halogenated alkanes) is 11. The molecule has 2 aromatic rings. The topological polar surface area (TPSA) is 55.4 Å². The summed E-state index contributed by atoms with van der Waals surface area (Å²) < 4.78 is 175. The van der Waals surface area contributed by atoms with E-state index < -0.39 is 93.6 Å². The van der Waals surface area contributed by atoms with Crippen LogP contribution in [0, 0.1) is 75.9 Å². The molecule has 4 rings (SSSR count). The maximum absolute atomic E-state index is 14.4. The Hall–Kier alpha value is -2.50. The number of halogens is 10. The van der Waals surface area contributed by atoms with E-state index in [-0.39, 0.29) is 42.2 Å². The number of hydrogen-bond donors (Lipinski definition) is 0. The lowest BCUT2D eigenvalue weighted by Gasteiger charge is -2.44. The van der Waals surface area contributed by atoms with Gasteiger partial charge in [-0.05, 0) is 129 Å². The fraction of sp³-hybridized carbons (Fsp3) is 0.786. The molecule has 0 heterocycles.